The van der Waals surface area contributed by atoms with Gasteiger partial charge in [-0.05, 0) is 43.2 Å². The van der Waals surface area contributed by atoms with Crippen molar-refractivity contribution < 1.29 is 19.4 Å². The number of ketones is 1. The van der Waals surface area contributed by atoms with E-state index in [0.29, 0.717) is 34.7 Å². The normalized spacial score (nSPS) is 17.6. The van der Waals surface area contributed by atoms with Gasteiger partial charge in [0.1, 0.15) is 23.5 Å². The van der Waals surface area contributed by atoms with Crippen LogP contribution in [0.25, 0.3) is 11.0 Å². The van der Waals surface area contributed by atoms with Crippen molar-refractivity contribution in [2.24, 2.45) is 0 Å². The minimum absolute atomic E-state index is 0.00664. The Balaban J connectivity index is 1.38. The lowest BCUT2D eigenvalue weighted by Gasteiger charge is -2.29. The molecule has 0 bridgehead atoms. The first kappa shape index (κ1) is 23.9. The molecule has 36 heavy (non-hydrogen) atoms. The van der Waals surface area contributed by atoms with Crippen LogP contribution in [0.2, 0.25) is 5.02 Å². The molecule has 1 aromatic carbocycles. The number of aliphatic hydroxyl groups is 1. The van der Waals surface area contributed by atoms with E-state index in [1.807, 2.05) is 0 Å². The standard InChI is InChI=1S/C25H23ClN6O4/c26-19-9-14(32-25(35)20-3-1-2-8-27-20)5-7-17(19)22(34)18-10-28-23-21(18)24(30-13-29-23)31-15-4-6-16(11-33)36-12-15/h1-3,5,7-10,13,15-16,33H,4,6,11-12H2,(H,32,35)(H2,28,29,30,31)/t15-,16-/m0/s1. The summed E-state index contributed by atoms with van der Waals surface area (Å²) in [7, 11) is 0. The molecular formula is C25H23ClN6O4. The van der Waals surface area contributed by atoms with E-state index in [0.717, 1.165) is 12.8 Å². The van der Waals surface area contributed by atoms with Crippen LogP contribution < -0.4 is 10.6 Å². The number of amides is 1. The number of hydrogen-bond acceptors (Lipinski definition) is 8. The lowest BCUT2D eigenvalue weighted by Crippen LogP contribution is -2.36. The van der Waals surface area contributed by atoms with Crippen molar-refractivity contribution in [2.75, 3.05) is 23.8 Å². The zero-order chi connectivity index (χ0) is 25.1. The molecule has 0 spiro atoms. The third kappa shape index (κ3) is 4.92. The third-order valence-electron chi connectivity index (χ3n) is 6.00. The molecular weight excluding hydrogens is 484 g/mol. The number of rotatable bonds is 7. The number of aromatic nitrogens is 4. The van der Waals surface area contributed by atoms with Crippen LogP contribution in [0, 0.1) is 0 Å². The van der Waals surface area contributed by atoms with Gasteiger partial charge in [-0.15, -0.1) is 0 Å². The molecule has 4 N–H and O–H groups in total. The first-order valence-corrected chi connectivity index (χ1v) is 11.8. The molecule has 0 saturated carbocycles. The van der Waals surface area contributed by atoms with Crippen molar-refractivity contribution in [1.29, 1.82) is 0 Å². The summed E-state index contributed by atoms with van der Waals surface area (Å²) in [4.78, 5) is 41.5. The van der Waals surface area contributed by atoms with Crippen LogP contribution >= 0.6 is 11.6 Å². The predicted octanol–water partition coefficient (Wildman–Crippen LogP) is 3.44. The van der Waals surface area contributed by atoms with Crippen molar-refractivity contribution in [3.8, 4) is 0 Å². The van der Waals surface area contributed by atoms with Gasteiger partial charge in [-0.25, -0.2) is 9.97 Å². The van der Waals surface area contributed by atoms with Crippen LogP contribution in [0.1, 0.15) is 39.3 Å². The Morgan fingerprint density at radius 2 is 2.03 bits per heavy atom. The predicted molar refractivity (Wildman–Crippen MR) is 134 cm³/mol. The first-order valence-electron chi connectivity index (χ1n) is 11.4. The SMILES string of the molecule is O=C(Nc1ccc(C(=O)c2c[nH]c3ncnc(N[C@H]4CC[C@@H](CO)OC4)c23)c(Cl)c1)c1ccccn1. The second-order valence-corrected chi connectivity index (χ2v) is 8.80. The van der Waals surface area contributed by atoms with Gasteiger partial charge < -0.3 is 25.5 Å². The van der Waals surface area contributed by atoms with Gasteiger partial charge in [0.15, 0.2) is 5.78 Å². The second-order valence-electron chi connectivity index (χ2n) is 8.40. The van der Waals surface area contributed by atoms with Crippen LogP contribution in [0.15, 0.2) is 55.1 Å². The van der Waals surface area contributed by atoms with Gasteiger partial charge in [-0.2, -0.15) is 0 Å². The molecule has 4 heterocycles. The number of carbonyl (C=O) groups excluding carboxylic acids is 2. The minimum Gasteiger partial charge on any atom is -0.394 e. The lowest BCUT2D eigenvalue weighted by atomic mass is 10.0. The van der Waals surface area contributed by atoms with Crippen molar-refractivity contribution in [1.82, 2.24) is 19.9 Å². The molecule has 11 heteroatoms. The molecule has 0 unspecified atom stereocenters. The van der Waals surface area contributed by atoms with Gasteiger partial charge in [0.25, 0.3) is 5.91 Å². The summed E-state index contributed by atoms with van der Waals surface area (Å²) in [5.41, 5.74) is 1.86. The van der Waals surface area contributed by atoms with Gasteiger partial charge in [0.2, 0.25) is 0 Å². The van der Waals surface area contributed by atoms with Gasteiger partial charge in [-0.1, -0.05) is 17.7 Å². The molecule has 5 rings (SSSR count). The molecule has 2 atom stereocenters. The van der Waals surface area contributed by atoms with E-state index in [2.05, 4.69) is 30.6 Å². The molecule has 1 amide bonds. The highest BCUT2D eigenvalue weighted by atomic mass is 35.5. The average Bonchev–Trinajstić information content (AvgIpc) is 3.35. The largest absolute Gasteiger partial charge is 0.394 e. The summed E-state index contributed by atoms with van der Waals surface area (Å²) in [5.74, 6) is -0.185. The number of hydrogen-bond donors (Lipinski definition) is 4. The monoisotopic (exact) mass is 506 g/mol. The molecule has 1 aliphatic heterocycles. The van der Waals surface area contributed by atoms with Crippen molar-refractivity contribution in [3.63, 3.8) is 0 Å². The molecule has 1 saturated heterocycles. The van der Waals surface area contributed by atoms with Gasteiger partial charge >= 0.3 is 0 Å². The zero-order valence-electron chi connectivity index (χ0n) is 19.1. The van der Waals surface area contributed by atoms with Gasteiger partial charge in [-0.3, -0.25) is 14.6 Å². The maximum Gasteiger partial charge on any atom is 0.274 e. The number of carbonyl (C=O) groups is 2. The van der Waals surface area contributed by atoms with Crippen LogP contribution in [-0.2, 0) is 4.74 Å². The Kier molecular flexibility index (Phi) is 6.90. The molecule has 1 aliphatic rings. The number of fused-ring (bicyclic) bond motifs is 1. The fourth-order valence-corrected chi connectivity index (χ4v) is 4.39. The topological polar surface area (TPSA) is 142 Å². The van der Waals surface area contributed by atoms with Crippen LogP contribution in [0.3, 0.4) is 0 Å². The Hall–Kier alpha value is -3.86. The number of H-pyrrole nitrogens is 1. The summed E-state index contributed by atoms with van der Waals surface area (Å²) in [6, 6.07) is 9.73. The first-order chi connectivity index (χ1) is 17.5. The number of nitrogens with one attached hydrogen (secondary N) is 3. The zero-order valence-corrected chi connectivity index (χ0v) is 19.8. The second kappa shape index (κ2) is 10.4. The molecule has 3 aromatic heterocycles. The van der Waals surface area contributed by atoms with E-state index in [9.17, 15) is 14.7 Å². The molecule has 4 aromatic rings. The number of anilines is 2. The summed E-state index contributed by atoms with van der Waals surface area (Å²) < 4.78 is 5.65. The van der Waals surface area contributed by atoms with Crippen LogP contribution in [0.4, 0.5) is 11.5 Å². The highest BCUT2D eigenvalue weighted by Gasteiger charge is 2.25. The van der Waals surface area contributed by atoms with Crippen molar-refractivity contribution in [3.05, 3.63) is 77.0 Å². The Bertz CT molecular complexity index is 1400. The molecule has 10 nitrogen and oxygen atoms in total. The Morgan fingerprint density at radius 3 is 2.75 bits per heavy atom. The van der Waals surface area contributed by atoms with E-state index in [1.54, 1.807) is 36.5 Å². The average molecular weight is 507 g/mol. The molecule has 1 fully saturated rings. The fourth-order valence-electron chi connectivity index (χ4n) is 4.12. The summed E-state index contributed by atoms with van der Waals surface area (Å²) in [6.07, 6.45) is 5.89. The van der Waals surface area contributed by atoms with Crippen molar-refractivity contribution >= 4 is 45.8 Å². The van der Waals surface area contributed by atoms with Crippen LogP contribution in [0.5, 0.6) is 0 Å². The highest BCUT2D eigenvalue weighted by Crippen LogP contribution is 2.30. The van der Waals surface area contributed by atoms with Crippen LogP contribution in [-0.4, -0.2) is 62.1 Å². The number of benzene rings is 1. The summed E-state index contributed by atoms with van der Waals surface area (Å²) >= 11 is 6.46. The molecule has 184 valence electrons. The van der Waals surface area contributed by atoms with E-state index in [1.165, 1.54) is 18.6 Å². The molecule has 0 aliphatic carbocycles. The third-order valence-corrected chi connectivity index (χ3v) is 6.31. The number of halogens is 1. The summed E-state index contributed by atoms with van der Waals surface area (Å²) in [5, 5.41) is 16.1. The maximum atomic E-state index is 13.5. The number of aliphatic hydroxyl groups excluding tert-OH is 1. The van der Waals surface area contributed by atoms with Crippen molar-refractivity contribution in [2.45, 2.75) is 25.0 Å². The number of nitrogens with zero attached hydrogens (tertiary/aromatic N) is 3. The summed E-state index contributed by atoms with van der Waals surface area (Å²) in [6.45, 7) is 0.412. The van der Waals surface area contributed by atoms with E-state index >= 15 is 0 Å². The molecule has 0 radical (unpaired) electrons. The fraction of sp³-hybridized carbons (Fsp3) is 0.240. The van der Waals surface area contributed by atoms with E-state index in [-0.39, 0.29) is 46.7 Å². The Labute approximate surface area is 211 Å². The quantitative estimate of drug-likeness (QED) is 0.279. The minimum atomic E-state index is -0.382. The number of pyridine rings is 1. The Morgan fingerprint density at radius 1 is 1.14 bits per heavy atom. The number of aromatic amines is 1. The lowest BCUT2D eigenvalue weighted by molar-refractivity contribution is -0.0224. The highest BCUT2D eigenvalue weighted by molar-refractivity contribution is 6.36. The maximum absolute atomic E-state index is 13.5. The van der Waals surface area contributed by atoms with Gasteiger partial charge in [0, 0.05) is 23.6 Å². The van der Waals surface area contributed by atoms with E-state index in [4.69, 9.17) is 16.3 Å². The van der Waals surface area contributed by atoms with E-state index < -0.39 is 0 Å². The number of ether oxygens (including phenoxy) is 1. The smallest absolute Gasteiger partial charge is 0.274 e. The van der Waals surface area contributed by atoms with Gasteiger partial charge in [0.05, 0.1) is 41.3 Å².